The summed E-state index contributed by atoms with van der Waals surface area (Å²) < 4.78 is 32.2. The normalized spacial score (nSPS) is 12.3. The summed E-state index contributed by atoms with van der Waals surface area (Å²) in [5, 5.41) is 13.5. The van der Waals surface area contributed by atoms with Crippen molar-refractivity contribution in [2.45, 2.75) is 24.8 Å². The minimum atomic E-state index is -4.04. The van der Waals surface area contributed by atoms with E-state index >= 15 is 0 Å². The van der Waals surface area contributed by atoms with Gasteiger partial charge in [-0.2, -0.15) is 4.72 Å². The number of hydrogen-bond donors (Lipinski definition) is 2. The summed E-state index contributed by atoms with van der Waals surface area (Å²) in [5.41, 5.74) is 0.621. The van der Waals surface area contributed by atoms with Crippen molar-refractivity contribution in [3.63, 3.8) is 0 Å². The second kappa shape index (κ2) is 8.55. The molecule has 150 valence electrons. The third kappa shape index (κ3) is 4.97. The summed E-state index contributed by atoms with van der Waals surface area (Å²) in [6, 6.07) is 6.75. The molecule has 0 aliphatic rings. The molecule has 2 aromatic carbocycles. The fraction of sp³-hybridized carbons (Fsp3) is 0.235. The molecule has 0 aromatic heterocycles. The lowest BCUT2D eigenvalue weighted by Gasteiger charge is -2.16. The molecular weight excluding hydrogens is 410 g/mol. The maximum absolute atomic E-state index is 12.5. The number of halogens is 1. The van der Waals surface area contributed by atoms with Crippen molar-refractivity contribution >= 4 is 38.9 Å². The van der Waals surface area contributed by atoms with Crippen LogP contribution in [0.1, 0.15) is 12.5 Å². The van der Waals surface area contributed by atoms with E-state index in [1.54, 1.807) is 6.92 Å². The molecule has 2 N–H and O–H groups in total. The van der Waals surface area contributed by atoms with E-state index in [2.05, 4.69) is 10.0 Å². The molecule has 1 atom stereocenters. The Morgan fingerprint density at radius 1 is 1.25 bits per heavy atom. The average molecular weight is 428 g/mol. The van der Waals surface area contributed by atoms with Crippen molar-refractivity contribution in [2.75, 3.05) is 12.4 Å². The zero-order chi connectivity index (χ0) is 21.1. The molecule has 0 heterocycles. The number of non-ortho nitro benzene ring substituents is 1. The summed E-state index contributed by atoms with van der Waals surface area (Å²) in [6.07, 6.45) is 0. The molecular formula is C17H18ClN3O6S. The van der Waals surface area contributed by atoms with Crippen LogP contribution in [0.15, 0.2) is 41.3 Å². The zero-order valence-corrected chi connectivity index (χ0v) is 16.8. The molecule has 0 spiro atoms. The summed E-state index contributed by atoms with van der Waals surface area (Å²) in [4.78, 5) is 22.5. The van der Waals surface area contributed by atoms with E-state index in [-0.39, 0.29) is 21.3 Å². The maximum atomic E-state index is 12.5. The van der Waals surface area contributed by atoms with Crippen LogP contribution in [0.3, 0.4) is 0 Å². The smallest absolute Gasteiger partial charge is 0.271 e. The molecule has 2 aromatic rings. The summed E-state index contributed by atoms with van der Waals surface area (Å²) in [6.45, 7) is 3.01. The zero-order valence-electron chi connectivity index (χ0n) is 15.2. The van der Waals surface area contributed by atoms with Crippen molar-refractivity contribution in [1.29, 1.82) is 0 Å². The molecule has 2 rings (SSSR count). The van der Waals surface area contributed by atoms with Crippen LogP contribution >= 0.6 is 11.6 Å². The lowest BCUT2D eigenvalue weighted by Crippen LogP contribution is -2.41. The Labute approximate surface area is 166 Å². The fourth-order valence-electron chi connectivity index (χ4n) is 2.27. The van der Waals surface area contributed by atoms with Crippen molar-refractivity contribution in [2.24, 2.45) is 0 Å². The highest BCUT2D eigenvalue weighted by Crippen LogP contribution is 2.27. The monoisotopic (exact) mass is 427 g/mol. The number of amides is 1. The SMILES string of the molecule is COc1ccc(S(=O)(=O)N[C@H](C)C(=O)Nc2cc([N+](=O)[O-])ccc2C)cc1Cl. The number of nitrogens with one attached hydrogen (secondary N) is 2. The molecule has 28 heavy (non-hydrogen) atoms. The second-order valence-electron chi connectivity index (χ2n) is 5.88. The number of carbonyl (C=O) groups excluding carboxylic acids is 1. The highest BCUT2D eigenvalue weighted by atomic mass is 35.5. The number of anilines is 1. The van der Waals surface area contributed by atoms with Gasteiger partial charge in [-0.3, -0.25) is 14.9 Å². The van der Waals surface area contributed by atoms with E-state index in [9.17, 15) is 23.3 Å². The van der Waals surface area contributed by atoms with E-state index in [0.717, 1.165) is 0 Å². The van der Waals surface area contributed by atoms with Gasteiger partial charge in [0.25, 0.3) is 5.69 Å². The Hall–Kier alpha value is -2.69. The molecule has 0 fully saturated rings. The molecule has 11 heteroatoms. The number of nitrogens with zero attached hydrogens (tertiary/aromatic N) is 1. The number of aryl methyl sites for hydroxylation is 1. The molecule has 1 amide bonds. The average Bonchev–Trinajstić information content (AvgIpc) is 2.62. The van der Waals surface area contributed by atoms with Gasteiger partial charge in [-0.05, 0) is 37.6 Å². The first-order valence-electron chi connectivity index (χ1n) is 7.97. The van der Waals surface area contributed by atoms with E-state index < -0.39 is 26.9 Å². The first-order chi connectivity index (χ1) is 13.0. The van der Waals surface area contributed by atoms with Gasteiger partial charge < -0.3 is 10.1 Å². The largest absolute Gasteiger partial charge is 0.495 e. The Balaban J connectivity index is 2.16. The van der Waals surface area contributed by atoms with Crippen LogP contribution in [0.25, 0.3) is 0 Å². The highest BCUT2D eigenvalue weighted by molar-refractivity contribution is 7.89. The van der Waals surface area contributed by atoms with Crippen molar-refractivity contribution < 1.29 is 22.9 Å². The number of ether oxygens (including phenoxy) is 1. The van der Waals surface area contributed by atoms with Crippen LogP contribution in [0.4, 0.5) is 11.4 Å². The number of sulfonamides is 1. The molecule has 0 bridgehead atoms. The molecule has 0 saturated heterocycles. The standard InChI is InChI=1S/C17H18ClN3O6S/c1-10-4-5-12(21(23)24)8-15(10)19-17(22)11(2)20-28(25,26)13-6-7-16(27-3)14(18)9-13/h4-9,11,20H,1-3H3,(H,19,22)/t11-/m1/s1. The lowest BCUT2D eigenvalue weighted by molar-refractivity contribution is -0.384. The third-order valence-corrected chi connectivity index (χ3v) is 5.68. The van der Waals surface area contributed by atoms with Gasteiger partial charge >= 0.3 is 0 Å². The predicted octanol–water partition coefficient (Wildman–Crippen LogP) is 2.87. The fourth-order valence-corrected chi connectivity index (χ4v) is 3.82. The molecule has 0 aliphatic carbocycles. The van der Waals surface area contributed by atoms with Crippen molar-refractivity contribution in [3.05, 3.63) is 57.1 Å². The Morgan fingerprint density at radius 2 is 1.93 bits per heavy atom. The lowest BCUT2D eigenvalue weighted by atomic mass is 10.1. The Kier molecular flexibility index (Phi) is 6.60. The van der Waals surface area contributed by atoms with Crippen LogP contribution < -0.4 is 14.8 Å². The summed E-state index contributed by atoms with van der Waals surface area (Å²) in [5.74, 6) is -0.362. The van der Waals surface area contributed by atoms with Crippen LogP contribution in [0.5, 0.6) is 5.75 Å². The maximum Gasteiger partial charge on any atom is 0.271 e. The number of carbonyl (C=O) groups is 1. The van der Waals surface area contributed by atoms with Gasteiger partial charge in [-0.15, -0.1) is 0 Å². The summed E-state index contributed by atoms with van der Waals surface area (Å²) >= 11 is 5.95. The number of nitro benzene ring substituents is 1. The van der Waals surface area contributed by atoms with Crippen LogP contribution in [-0.2, 0) is 14.8 Å². The number of rotatable bonds is 7. The Morgan fingerprint density at radius 3 is 2.50 bits per heavy atom. The van der Waals surface area contributed by atoms with Gasteiger partial charge in [0.2, 0.25) is 15.9 Å². The molecule has 0 unspecified atom stereocenters. The predicted molar refractivity (Wildman–Crippen MR) is 104 cm³/mol. The molecule has 9 nitrogen and oxygen atoms in total. The topological polar surface area (TPSA) is 128 Å². The van der Waals surface area contributed by atoms with Gasteiger partial charge in [0.1, 0.15) is 5.75 Å². The minimum absolute atomic E-state index is 0.106. The molecule has 0 radical (unpaired) electrons. The first-order valence-corrected chi connectivity index (χ1v) is 9.83. The van der Waals surface area contributed by atoms with Gasteiger partial charge in [0.05, 0.1) is 33.7 Å². The van der Waals surface area contributed by atoms with Crippen molar-refractivity contribution in [1.82, 2.24) is 4.72 Å². The number of methoxy groups -OCH3 is 1. The van der Waals surface area contributed by atoms with Gasteiger partial charge in [0, 0.05) is 12.1 Å². The van der Waals surface area contributed by atoms with E-state index in [1.807, 2.05) is 0 Å². The van der Waals surface area contributed by atoms with Crippen molar-refractivity contribution in [3.8, 4) is 5.75 Å². The van der Waals surface area contributed by atoms with Gasteiger partial charge in [0.15, 0.2) is 0 Å². The second-order valence-corrected chi connectivity index (χ2v) is 8.01. The highest BCUT2D eigenvalue weighted by Gasteiger charge is 2.23. The molecule has 0 aliphatic heterocycles. The van der Waals surface area contributed by atoms with E-state index in [1.165, 1.54) is 50.4 Å². The first kappa shape index (κ1) is 21.6. The molecule has 0 saturated carbocycles. The Bertz CT molecular complexity index is 1030. The summed E-state index contributed by atoms with van der Waals surface area (Å²) in [7, 11) is -2.64. The quantitative estimate of drug-likeness (QED) is 0.516. The minimum Gasteiger partial charge on any atom is -0.495 e. The van der Waals surface area contributed by atoms with Gasteiger partial charge in [-0.25, -0.2) is 8.42 Å². The van der Waals surface area contributed by atoms with Gasteiger partial charge in [-0.1, -0.05) is 17.7 Å². The number of benzene rings is 2. The van der Waals surface area contributed by atoms with Crippen LogP contribution in [0, 0.1) is 17.0 Å². The van der Waals surface area contributed by atoms with Crippen LogP contribution in [0.2, 0.25) is 5.02 Å². The van der Waals surface area contributed by atoms with Crippen LogP contribution in [-0.4, -0.2) is 32.4 Å². The number of nitro groups is 1. The third-order valence-electron chi connectivity index (χ3n) is 3.85. The number of hydrogen-bond acceptors (Lipinski definition) is 6. The van der Waals surface area contributed by atoms with E-state index in [4.69, 9.17) is 16.3 Å². The van der Waals surface area contributed by atoms with E-state index in [0.29, 0.717) is 11.3 Å².